The zero-order valence-corrected chi connectivity index (χ0v) is 13.0. The molecule has 3 rings (SSSR count). The third-order valence-corrected chi connectivity index (χ3v) is 4.77. The minimum Gasteiger partial charge on any atom is -0.372 e. The number of hydrogen-bond donors (Lipinski definition) is 1. The molecule has 3 atom stereocenters. The van der Waals surface area contributed by atoms with Gasteiger partial charge in [-0.05, 0) is 51.1 Å². The van der Waals surface area contributed by atoms with Gasteiger partial charge in [0.1, 0.15) is 6.10 Å². The molecule has 0 unspecified atom stereocenters. The van der Waals surface area contributed by atoms with Crippen molar-refractivity contribution in [1.29, 1.82) is 0 Å². The molecule has 1 saturated heterocycles. The number of nitrogens with one attached hydrogen (secondary N) is 1. The van der Waals surface area contributed by atoms with Gasteiger partial charge in [0, 0.05) is 31.8 Å². The first-order chi connectivity index (χ1) is 10.4. The molecule has 0 spiro atoms. The van der Waals surface area contributed by atoms with Crippen LogP contribution in [-0.2, 0) is 11.3 Å². The highest BCUT2D eigenvalue weighted by atomic mass is 16.5. The zero-order chi connectivity index (χ0) is 14.5. The highest BCUT2D eigenvalue weighted by Gasteiger charge is 2.31. The van der Waals surface area contributed by atoms with Crippen molar-refractivity contribution in [3.8, 4) is 0 Å². The van der Waals surface area contributed by atoms with Gasteiger partial charge in [-0.1, -0.05) is 12.2 Å². The summed E-state index contributed by atoms with van der Waals surface area (Å²) in [7, 11) is 0. The van der Waals surface area contributed by atoms with Crippen molar-refractivity contribution in [2.24, 2.45) is 11.8 Å². The Morgan fingerprint density at radius 3 is 3.10 bits per heavy atom. The van der Waals surface area contributed by atoms with Crippen LogP contribution in [0, 0.1) is 11.8 Å². The van der Waals surface area contributed by atoms with Crippen LogP contribution in [0.3, 0.4) is 0 Å². The summed E-state index contributed by atoms with van der Waals surface area (Å²) >= 11 is 0. The van der Waals surface area contributed by atoms with Crippen molar-refractivity contribution in [3.05, 3.63) is 30.1 Å². The van der Waals surface area contributed by atoms with Crippen molar-refractivity contribution in [3.63, 3.8) is 0 Å². The summed E-state index contributed by atoms with van der Waals surface area (Å²) in [5, 5.41) is 8.06. The molecular weight excluding hydrogens is 262 g/mol. The van der Waals surface area contributed by atoms with Gasteiger partial charge in [-0.3, -0.25) is 4.68 Å². The molecule has 116 valence electrons. The van der Waals surface area contributed by atoms with Crippen molar-refractivity contribution in [2.45, 2.75) is 45.3 Å². The Balaban J connectivity index is 1.51. The Labute approximate surface area is 127 Å². The highest BCUT2D eigenvalue weighted by Crippen LogP contribution is 2.34. The van der Waals surface area contributed by atoms with E-state index in [1.807, 2.05) is 6.20 Å². The van der Waals surface area contributed by atoms with Crippen LogP contribution in [0.1, 0.15) is 44.4 Å². The molecule has 1 aromatic rings. The number of aryl methyl sites for hydroxylation is 1. The van der Waals surface area contributed by atoms with Crippen LogP contribution < -0.4 is 5.32 Å². The maximum Gasteiger partial charge on any atom is 0.103 e. The Hall–Kier alpha value is -1.13. The fourth-order valence-corrected chi connectivity index (χ4v) is 3.53. The van der Waals surface area contributed by atoms with E-state index in [-0.39, 0.29) is 6.10 Å². The Morgan fingerprint density at radius 2 is 2.29 bits per heavy atom. The Bertz CT molecular complexity index is 468. The minimum atomic E-state index is 0.214. The largest absolute Gasteiger partial charge is 0.372 e. The number of rotatable bonds is 6. The van der Waals surface area contributed by atoms with Crippen molar-refractivity contribution in [2.75, 3.05) is 19.7 Å². The van der Waals surface area contributed by atoms with E-state index in [9.17, 15) is 0 Å². The van der Waals surface area contributed by atoms with Gasteiger partial charge >= 0.3 is 0 Å². The summed E-state index contributed by atoms with van der Waals surface area (Å²) in [5.41, 5.74) is 1.24. The standard InChI is InChI=1S/C17H27N3O/c1-2-20-16(8-10-19-20)17-15(9-11-21-17)13-18-12-14-6-4-3-5-7-14/h3-4,8,10,14-15,17-18H,2,5-7,9,11-13H2,1H3/t14-,15-,17+/m0/s1. The van der Waals surface area contributed by atoms with Gasteiger partial charge in [-0.2, -0.15) is 5.10 Å². The SMILES string of the molecule is CCn1nccc1[C@@H]1OCC[C@H]1CNC[C@H]1CC=CCC1. The first-order valence-electron chi connectivity index (χ1n) is 8.37. The summed E-state index contributed by atoms with van der Waals surface area (Å²) in [6, 6.07) is 2.11. The van der Waals surface area contributed by atoms with Gasteiger partial charge in [0.05, 0.1) is 5.69 Å². The van der Waals surface area contributed by atoms with Crippen LogP contribution in [0.2, 0.25) is 0 Å². The fourth-order valence-electron chi connectivity index (χ4n) is 3.53. The average Bonchev–Trinajstić information content (AvgIpc) is 3.16. The third-order valence-electron chi connectivity index (χ3n) is 4.77. The van der Waals surface area contributed by atoms with Crippen LogP contribution in [-0.4, -0.2) is 29.5 Å². The molecule has 2 aliphatic rings. The molecule has 1 aliphatic carbocycles. The lowest BCUT2D eigenvalue weighted by Crippen LogP contribution is -2.30. The molecule has 0 saturated carbocycles. The summed E-state index contributed by atoms with van der Waals surface area (Å²) in [5.74, 6) is 1.39. The number of allylic oxidation sites excluding steroid dienone is 2. The first kappa shape index (κ1) is 14.8. The Morgan fingerprint density at radius 1 is 1.33 bits per heavy atom. The van der Waals surface area contributed by atoms with Crippen LogP contribution in [0.15, 0.2) is 24.4 Å². The number of ether oxygens (including phenoxy) is 1. The number of nitrogens with zero attached hydrogens (tertiary/aromatic N) is 2. The topological polar surface area (TPSA) is 39.1 Å². The molecule has 1 fully saturated rings. The van der Waals surface area contributed by atoms with Crippen LogP contribution in [0.5, 0.6) is 0 Å². The summed E-state index contributed by atoms with van der Waals surface area (Å²) in [4.78, 5) is 0. The molecule has 1 aliphatic heterocycles. The van der Waals surface area contributed by atoms with E-state index >= 15 is 0 Å². The van der Waals surface area contributed by atoms with E-state index < -0.39 is 0 Å². The molecule has 0 radical (unpaired) electrons. The molecule has 0 bridgehead atoms. The molecular formula is C17H27N3O. The lowest BCUT2D eigenvalue weighted by molar-refractivity contribution is 0.0828. The molecule has 0 amide bonds. The van der Waals surface area contributed by atoms with E-state index in [4.69, 9.17) is 4.74 Å². The van der Waals surface area contributed by atoms with Crippen LogP contribution >= 0.6 is 0 Å². The predicted molar refractivity (Wildman–Crippen MR) is 84.1 cm³/mol. The number of aromatic nitrogens is 2. The van der Waals surface area contributed by atoms with E-state index in [0.29, 0.717) is 5.92 Å². The fraction of sp³-hybridized carbons (Fsp3) is 0.706. The van der Waals surface area contributed by atoms with Crippen molar-refractivity contribution < 1.29 is 4.74 Å². The first-order valence-corrected chi connectivity index (χ1v) is 8.37. The van der Waals surface area contributed by atoms with Crippen molar-refractivity contribution >= 4 is 0 Å². The monoisotopic (exact) mass is 289 g/mol. The lowest BCUT2D eigenvalue weighted by atomic mass is 9.93. The molecule has 2 heterocycles. The van der Waals surface area contributed by atoms with Crippen LogP contribution in [0.4, 0.5) is 0 Å². The summed E-state index contributed by atoms with van der Waals surface area (Å²) in [6.07, 6.45) is 11.7. The molecule has 4 nitrogen and oxygen atoms in total. The van der Waals surface area contributed by atoms with Gasteiger partial charge in [0.15, 0.2) is 0 Å². The predicted octanol–water partition coefficient (Wildman–Crippen LogP) is 2.93. The molecule has 0 aromatic carbocycles. The number of hydrogen-bond acceptors (Lipinski definition) is 3. The van der Waals surface area contributed by atoms with Gasteiger partial charge < -0.3 is 10.1 Å². The maximum absolute atomic E-state index is 5.98. The van der Waals surface area contributed by atoms with E-state index in [0.717, 1.165) is 38.6 Å². The second-order valence-corrected chi connectivity index (χ2v) is 6.22. The van der Waals surface area contributed by atoms with Gasteiger partial charge in [-0.25, -0.2) is 0 Å². The maximum atomic E-state index is 5.98. The molecule has 1 aromatic heterocycles. The molecule has 21 heavy (non-hydrogen) atoms. The van der Waals surface area contributed by atoms with E-state index in [2.05, 4.69) is 40.2 Å². The van der Waals surface area contributed by atoms with E-state index in [1.165, 1.54) is 25.0 Å². The minimum absolute atomic E-state index is 0.214. The van der Waals surface area contributed by atoms with Crippen LogP contribution in [0.25, 0.3) is 0 Å². The smallest absolute Gasteiger partial charge is 0.103 e. The molecule has 1 N–H and O–H groups in total. The quantitative estimate of drug-likeness (QED) is 0.818. The summed E-state index contributed by atoms with van der Waals surface area (Å²) in [6.45, 7) is 6.12. The third kappa shape index (κ3) is 3.55. The molecule has 4 heteroatoms. The lowest BCUT2D eigenvalue weighted by Gasteiger charge is -2.22. The highest BCUT2D eigenvalue weighted by molar-refractivity contribution is 5.08. The van der Waals surface area contributed by atoms with Gasteiger partial charge in [0.2, 0.25) is 0 Å². The second-order valence-electron chi connectivity index (χ2n) is 6.22. The normalized spacial score (nSPS) is 29.1. The summed E-state index contributed by atoms with van der Waals surface area (Å²) < 4.78 is 8.05. The van der Waals surface area contributed by atoms with E-state index in [1.54, 1.807) is 0 Å². The Kier molecular flexibility index (Phi) is 5.09. The van der Waals surface area contributed by atoms with Gasteiger partial charge in [-0.15, -0.1) is 0 Å². The van der Waals surface area contributed by atoms with Gasteiger partial charge in [0.25, 0.3) is 0 Å². The second kappa shape index (κ2) is 7.23. The zero-order valence-electron chi connectivity index (χ0n) is 13.0. The average molecular weight is 289 g/mol. The van der Waals surface area contributed by atoms with Crippen molar-refractivity contribution in [1.82, 2.24) is 15.1 Å².